The lowest BCUT2D eigenvalue weighted by atomic mass is 9.60. The summed E-state index contributed by atoms with van der Waals surface area (Å²) in [6.45, 7) is 4.38. The van der Waals surface area contributed by atoms with Gasteiger partial charge in [-0.05, 0) is 73.1 Å². The molecule has 32 heavy (non-hydrogen) atoms. The molecule has 2 aliphatic rings. The van der Waals surface area contributed by atoms with Crippen LogP contribution in [0.4, 0.5) is 0 Å². The van der Waals surface area contributed by atoms with Gasteiger partial charge in [0.25, 0.3) is 0 Å². The number of esters is 2. The summed E-state index contributed by atoms with van der Waals surface area (Å²) in [5.41, 5.74) is 10.5. The normalized spacial score (nSPS) is 24.6. The van der Waals surface area contributed by atoms with Crippen molar-refractivity contribution in [1.82, 2.24) is 0 Å². The Kier molecular flexibility index (Phi) is 6.66. The molecule has 0 radical (unpaired) electrons. The van der Waals surface area contributed by atoms with Gasteiger partial charge in [0.1, 0.15) is 5.75 Å². The van der Waals surface area contributed by atoms with E-state index in [1.807, 2.05) is 12.1 Å². The van der Waals surface area contributed by atoms with Crippen LogP contribution in [0, 0.1) is 5.92 Å². The van der Waals surface area contributed by atoms with E-state index in [0.29, 0.717) is 23.8 Å². The maximum Gasteiger partial charge on any atom is 0.338 e. The van der Waals surface area contributed by atoms with E-state index in [9.17, 15) is 9.59 Å². The summed E-state index contributed by atoms with van der Waals surface area (Å²) in [6, 6.07) is 13.1. The second kappa shape index (κ2) is 9.45. The molecule has 5 nitrogen and oxygen atoms in total. The molecule has 2 N–H and O–H groups in total. The van der Waals surface area contributed by atoms with E-state index < -0.39 is 0 Å². The molecule has 1 fully saturated rings. The predicted octanol–water partition coefficient (Wildman–Crippen LogP) is 4.73. The maximum atomic E-state index is 12.6. The second-order valence-electron chi connectivity index (χ2n) is 9.39. The zero-order chi connectivity index (χ0) is 22.7. The van der Waals surface area contributed by atoms with E-state index in [1.54, 1.807) is 31.2 Å². The van der Waals surface area contributed by atoms with Crippen molar-refractivity contribution in [2.24, 2.45) is 11.7 Å². The minimum absolute atomic E-state index is 0.0793. The molecule has 0 unspecified atom stereocenters. The Bertz CT molecular complexity index is 984. The highest BCUT2D eigenvalue weighted by atomic mass is 16.5. The zero-order valence-corrected chi connectivity index (χ0v) is 19.1. The summed E-state index contributed by atoms with van der Waals surface area (Å²) in [6.07, 6.45) is 7.12. The Balaban J connectivity index is 1.47. The summed E-state index contributed by atoms with van der Waals surface area (Å²) in [5, 5.41) is 0. The molecule has 0 amide bonds. The molecular weight excluding hydrogens is 402 g/mol. The number of ether oxygens (including phenoxy) is 2. The number of fused-ring (bicyclic) bond motifs is 4. The minimum atomic E-state index is -0.362. The summed E-state index contributed by atoms with van der Waals surface area (Å²) < 4.78 is 10.7. The molecule has 0 aliphatic heterocycles. The Morgan fingerprint density at radius 1 is 1.09 bits per heavy atom. The lowest BCUT2D eigenvalue weighted by Gasteiger charge is -2.47. The molecule has 0 spiro atoms. The third-order valence-electron chi connectivity index (χ3n) is 7.24. The van der Waals surface area contributed by atoms with Gasteiger partial charge in [0.15, 0.2) is 0 Å². The molecule has 170 valence electrons. The first-order valence-electron chi connectivity index (χ1n) is 11.8. The largest absolute Gasteiger partial charge is 0.462 e. The molecule has 1 saturated carbocycles. The standard InChI is InChI=1S/C27H33NO4/c1-3-31-26(30)19-10-8-18(9-11-19)15-24(29)32-22-13-12-20-16-21-7-5-4-6-14-27(2,25(21)28)23(20)17-22/h8-13,17,21,25H,3-7,14-16,28H2,1-2H3/t21-,25-,27+/m0/s1. The van der Waals surface area contributed by atoms with Crippen molar-refractivity contribution in [1.29, 1.82) is 0 Å². The van der Waals surface area contributed by atoms with Crippen molar-refractivity contribution in [2.45, 2.75) is 70.3 Å². The number of carbonyl (C=O) groups excluding carboxylic acids is 2. The predicted molar refractivity (Wildman–Crippen MR) is 124 cm³/mol. The van der Waals surface area contributed by atoms with Crippen LogP contribution in [0.2, 0.25) is 0 Å². The van der Waals surface area contributed by atoms with E-state index >= 15 is 0 Å². The van der Waals surface area contributed by atoms with Crippen LogP contribution < -0.4 is 10.5 Å². The van der Waals surface area contributed by atoms with Crippen molar-refractivity contribution >= 4 is 11.9 Å². The molecule has 0 saturated heterocycles. The van der Waals surface area contributed by atoms with Crippen LogP contribution in [-0.4, -0.2) is 24.6 Å². The van der Waals surface area contributed by atoms with Crippen LogP contribution >= 0.6 is 0 Å². The van der Waals surface area contributed by atoms with Crippen LogP contribution in [0.25, 0.3) is 0 Å². The highest BCUT2D eigenvalue weighted by molar-refractivity contribution is 5.89. The van der Waals surface area contributed by atoms with Gasteiger partial charge in [-0.2, -0.15) is 0 Å². The van der Waals surface area contributed by atoms with Crippen LogP contribution in [0.15, 0.2) is 42.5 Å². The number of carbonyl (C=O) groups is 2. The minimum Gasteiger partial charge on any atom is -0.462 e. The quantitative estimate of drug-likeness (QED) is 0.542. The van der Waals surface area contributed by atoms with Gasteiger partial charge < -0.3 is 15.2 Å². The van der Waals surface area contributed by atoms with Crippen LogP contribution in [-0.2, 0) is 27.8 Å². The lowest BCUT2D eigenvalue weighted by molar-refractivity contribution is -0.133. The van der Waals surface area contributed by atoms with Crippen molar-refractivity contribution in [2.75, 3.05) is 6.61 Å². The molecule has 2 bridgehead atoms. The van der Waals surface area contributed by atoms with Crippen molar-refractivity contribution in [3.63, 3.8) is 0 Å². The van der Waals surface area contributed by atoms with Crippen molar-refractivity contribution < 1.29 is 19.1 Å². The van der Waals surface area contributed by atoms with Crippen molar-refractivity contribution in [3.05, 3.63) is 64.7 Å². The average Bonchev–Trinajstić information content (AvgIpc) is 2.77. The van der Waals surface area contributed by atoms with Gasteiger partial charge in [0, 0.05) is 11.5 Å². The first-order chi connectivity index (χ1) is 15.4. The molecule has 0 aromatic heterocycles. The third kappa shape index (κ3) is 4.58. The lowest BCUT2D eigenvalue weighted by Crippen LogP contribution is -2.52. The molecule has 4 rings (SSSR count). The second-order valence-corrected chi connectivity index (χ2v) is 9.39. The SMILES string of the molecule is CCOC(=O)c1ccc(CC(=O)Oc2ccc3c(c2)[C@@]2(C)CCCCC[C@@H](C3)[C@@H]2N)cc1. The first-order valence-corrected chi connectivity index (χ1v) is 11.8. The Labute approximate surface area is 190 Å². The molecule has 3 atom stereocenters. The van der Waals surface area contributed by atoms with Gasteiger partial charge in [-0.1, -0.05) is 44.4 Å². The van der Waals surface area contributed by atoms with Gasteiger partial charge >= 0.3 is 11.9 Å². The topological polar surface area (TPSA) is 78.6 Å². The van der Waals surface area contributed by atoms with Gasteiger partial charge in [0.2, 0.25) is 0 Å². The summed E-state index contributed by atoms with van der Waals surface area (Å²) in [4.78, 5) is 24.4. The van der Waals surface area contributed by atoms with Gasteiger partial charge in [-0.15, -0.1) is 0 Å². The fourth-order valence-electron chi connectivity index (χ4n) is 5.40. The van der Waals surface area contributed by atoms with Gasteiger partial charge in [0.05, 0.1) is 18.6 Å². The van der Waals surface area contributed by atoms with E-state index in [-0.39, 0.29) is 29.8 Å². The number of rotatable bonds is 5. The Morgan fingerprint density at radius 3 is 2.62 bits per heavy atom. The van der Waals surface area contributed by atoms with E-state index in [0.717, 1.165) is 18.4 Å². The summed E-state index contributed by atoms with van der Waals surface area (Å²) >= 11 is 0. The third-order valence-corrected chi connectivity index (χ3v) is 7.24. The fraction of sp³-hybridized carbons (Fsp3) is 0.481. The zero-order valence-electron chi connectivity index (χ0n) is 19.1. The molecular formula is C27H33NO4. The fourth-order valence-corrected chi connectivity index (χ4v) is 5.40. The molecule has 2 aromatic carbocycles. The van der Waals surface area contributed by atoms with Gasteiger partial charge in [-0.25, -0.2) is 4.79 Å². The Hall–Kier alpha value is -2.66. The van der Waals surface area contributed by atoms with Crippen LogP contribution in [0.3, 0.4) is 0 Å². The summed E-state index contributed by atoms with van der Waals surface area (Å²) in [5.74, 6) is 0.415. The maximum absolute atomic E-state index is 12.6. The monoisotopic (exact) mass is 435 g/mol. The van der Waals surface area contributed by atoms with Crippen LogP contribution in [0.1, 0.15) is 73.0 Å². The molecule has 2 aromatic rings. The van der Waals surface area contributed by atoms with Gasteiger partial charge in [-0.3, -0.25) is 4.79 Å². The summed E-state index contributed by atoms with van der Waals surface area (Å²) in [7, 11) is 0. The Morgan fingerprint density at radius 2 is 1.88 bits per heavy atom. The average molecular weight is 436 g/mol. The molecule has 0 heterocycles. The number of hydrogen-bond acceptors (Lipinski definition) is 5. The van der Waals surface area contributed by atoms with Crippen molar-refractivity contribution in [3.8, 4) is 5.75 Å². The van der Waals surface area contributed by atoms with E-state index in [1.165, 1.54) is 36.8 Å². The van der Waals surface area contributed by atoms with E-state index in [4.69, 9.17) is 15.2 Å². The first kappa shape index (κ1) is 22.5. The number of hydrogen-bond donors (Lipinski definition) is 1. The molecule has 2 aliphatic carbocycles. The number of benzene rings is 2. The molecule has 5 heteroatoms. The van der Waals surface area contributed by atoms with Crippen LogP contribution in [0.5, 0.6) is 5.75 Å². The highest BCUT2D eigenvalue weighted by Crippen LogP contribution is 2.46. The van der Waals surface area contributed by atoms with E-state index in [2.05, 4.69) is 13.0 Å². The smallest absolute Gasteiger partial charge is 0.338 e. The highest BCUT2D eigenvalue weighted by Gasteiger charge is 2.43. The number of nitrogens with two attached hydrogens (primary N) is 1.